The largest absolute Gasteiger partial charge is 0.312 e. The van der Waals surface area contributed by atoms with Gasteiger partial charge in [0.15, 0.2) is 5.13 Å². The van der Waals surface area contributed by atoms with Crippen molar-refractivity contribution in [3.8, 4) is 0 Å². The van der Waals surface area contributed by atoms with Gasteiger partial charge in [0.05, 0.1) is 16.1 Å². The second kappa shape index (κ2) is 9.57. The smallest absolute Gasteiger partial charge is 0.234 e. The van der Waals surface area contributed by atoms with E-state index in [0.717, 1.165) is 34.3 Å². The van der Waals surface area contributed by atoms with Gasteiger partial charge in [-0.1, -0.05) is 17.4 Å². The first kappa shape index (κ1) is 23.3. The molecule has 1 aromatic heterocycles. The number of fused-ring (bicyclic) bond motifs is 1. The van der Waals surface area contributed by atoms with Crippen LogP contribution in [0.25, 0.3) is 10.2 Å². The number of benzene rings is 2. The second-order valence-corrected chi connectivity index (χ2v) is 9.93. The van der Waals surface area contributed by atoms with Gasteiger partial charge in [0.1, 0.15) is 5.82 Å². The van der Waals surface area contributed by atoms with Gasteiger partial charge in [0.2, 0.25) is 11.8 Å². The minimum atomic E-state index is -0.461. The number of carbonyl (C=O) groups excluding carboxylic acids is 2. The zero-order chi connectivity index (χ0) is 23.7. The lowest BCUT2D eigenvalue weighted by Gasteiger charge is -2.24. The molecule has 2 heterocycles. The molecule has 1 aliphatic heterocycles. The van der Waals surface area contributed by atoms with E-state index < -0.39 is 5.92 Å². The van der Waals surface area contributed by atoms with Crippen LogP contribution < -0.4 is 9.80 Å². The van der Waals surface area contributed by atoms with E-state index in [4.69, 9.17) is 4.98 Å². The van der Waals surface area contributed by atoms with Crippen LogP contribution >= 0.6 is 11.3 Å². The Morgan fingerprint density at radius 1 is 1.18 bits per heavy atom. The Balaban J connectivity index is 1.60. The van der Waals surface area contributed by atoms with Crippen LogP contribution in [0.15, 0.2) is 36.4 Å². The fraction of sp³-hybridized carbons (Fsp3) is 0.400. The summed E-state index contributed by atoms with van der Waals surface area (Å²) in [5, 5.41) is 0.676. The average molecular weight is 469 g/mol. The third-order valence-corrected chi connectivity index (χ3v) is 7.13. The molecule has 0 N–H and O–H groups in total. The molecule has 6 nitrogen and oxygen atoms in total. The molecule has 33 heavy (non-hydrogen) atoms. The molecule has 174 valence electrons. The van der Waals surface area contributed by atoms with Crippen molar-refractivity contribution in [3.05, 3.63) is 53.3 Å². The minimum absolute atomic E-state index is 0.0832. The van der Waals surface area contributed by atoms with E-state index >= 15 is 0 Å². The number of hydrogen-bond donors (Lipinski definition) is 0. The Bertz CT molecular complexity index is 1180. The SMILES string of the molecule is Cc1cc(C)c2sc(N(CCCN(C)C)C(=O)C3CC(=O)N(c4ccc(F)cc4)C3)nc2c1. The lowest BCUT2D eigenvalue weighted by molar-refractivity contribution is -0.124. The number of hydrogen-bond acceptors (Lipinski definition) is 5. The lowest BCUT2D eigenvalue weighted by Crippen LogP contribution is -2.39. The highest BCUT2D eigenvalue weighted by molar-refractivity contribution is 7.22. The van der Waals surface area contributed by atoms with Crippen LogP contribution in [-0.4, -0.2) is 55.4 Å². The summed E-state index contributed by atoms with van der Waals surface area (Å²) >= 11 is 1.53. The van der Waals surface area contributed by atoms with Gasteiger partial charge in [-0.3, -0.25) is 14.5 Å². The summed E-state index contributed by atoms with van der Waals surface area (Å²) in [6, 6.07) is 9.98. The predicted molar refractivity (Wildman–Crippen MR) is 131 cm³/mol. The quantitative estimate of drug-likeness (QED) is 0.516. The molecule has 4 rings (SSSR count). The number of rotatable bonds is 7. The molecule has 8 heteroatoms. The fourth-order valence-electron chi connectivity index (χ4n) is 4.29. The summed E-state index contributed by atoms with van der Waals surface area (Å²) in [6.07, 6.45) is 0.943. The molecule has 1 saturated heterocycles. The van der Waals surface area contributed by atoms with Crippen molar-refractivity contribution in [1.29, 1.82) is 0 Å². The van der Waals surface area contributed by atoms with E-state index in [1.165, 1.54) is 23.5 Å². The summed E-state index contributed by atoms with van der Waals surface area (Å²) in [6.45, 7) is 5.77. The van der Waals surface area contributed by atoms with E-state index in [0.29, 0.717) is 17.4 Å². The van der Waals surface area contributed by atoms with E-state index in [9.17, 15) is 14.0 Å². The highest BCUT2D eigenvalue weighted by Crippen LogP contribution is 2.34. The molecule has 2 amide bonds. The Labute approximate surface area is 197 Å². The highest BCUT2D eigenvalue weighted by Gasteiger charge is 2.38. The molecule has 2 aromatic carbocycles. The number of carbonyl (C=O) groups is 2. The first-order valence-corrected chi connectivity index (χ1v) is 11.9. The molecular formula is C25H29FN4O2S. The zero-order valence-electron chi connectivity index (χ0n) is 19.5. The van der Waals surface area contributed by atoms with Crippen LogP contribution in [0.2, 0.25) is 0 Å². The molecule has 0 aliphatic carbocycles. The standard InChI is InChI=1S/C25H29FN4O2S/c1-16-12-17(2)23-21(13-16)27-25(33-23)29(11-5-10-28(3)4)24(32)18-14-22(31)30(15-18)20-8-6-19(26)7-9-20/h6-9,12-13,18H,5,10-11,14-15H2,1-4H3. The summed E-state index contributed by atoms with van der Waals surface area (Å²) in [5.74, 6) is -1.02. The number of thiazole rings is 1. The van der Waals surface area contributed by atoms with Crippen LogP contribution in [0.4, 0.5) is 15.2 Å². The summed E-state index contributed by atoms with van der Waals surface area (Å²) in [7, 11) is 4.01. The number of amides is 2. The highest BCUT2D eigenvalue weighted by atomic mass is 32.1. The molecule has 0 bridgehead atoms. The fourth-order valence-corrected chi connectivity index (χ4v) is 5.34. The maximum atomic E-state index is 13.7. The maximum absolute atomic E-state index is 13.7. The number of nitrogens with zero attached hydrogens (tertiary/aromatic N) is 4. The van der Waals surface area contributed by atoms with Gasteiger partial charge < -0.3 is 9.80 Å². The van der Waals surface area contributed by atoms with Crippen molar-refractivity contribution in [3.63, 3.8) is 0 Å². The zero-order valence-corrected chi connectivity index (χ0v) is 20.3. The van der Waals surface area contributed by atoms with Gasteiger partial charge in [0.25, 0.3) is 0 Å². The number of aryl methyl sites for hydroxylation is 2. The first-order valence-electron chi connectivity index (χ1n) is 11.1. The molecule has 0 saturated carbocycles. The van der Waals surface area contributed by atoms with Gasteiger partial charge >= 0.3 is 0 Å². The van der Waals surface area contributed by atoms with Gasteiger partial charge in [-0.2, -0.15) is 0 Å². The Morgan fingerprint density at radius 3 is 2.61 bits per heavy atom. The first-order chi connectivity index (χ1) is 15.7. The number of aromatic nitrogens is 1. The third kappa shape index (κ3) is 5.07. The molecule has 1 fully saturated rings. The Morgan fingerprint density at radius 2 is 1.91 bits per heavy atom. The predicted octanol–water partition coefficient (Wildman–Crippen LogP) is 4.39. The van der Waals surface area contributed by atoms with Gasteiger partial charge in [-0.15, -0.1) is 0 Å². The van der Waals surface area contributed by atoms with Gasteiger partial charge in [0, 0.05) is 25.2 Å². The van der Waals surface area contributed by atoms with Crippen molar-refractivity contribution < 1.29 is 14.0 Å². The normalized spacial score (nSPS) is 16.2. The van der Waals surface area contributed by atoms with Gasteiger partial charge in [-0.25, -0.2) is 9.37 Å². The van der Waals surface area contributed by atoms with Crippen LogP contribution in [0.1, 0.15) is 24.0 Å². The topological polar surface area (TPSA) is 56.8 Å². The monoisotopic (exact) mass is 468 g/mol. The average Bonchev–Trinajstić information content (AvgIpc) is 3.35. The number of anilines is 2. The molecule has 0 spiro atoms. The molecule has 1 aliphatic rings. The van der Waals surface area contributed by atoms with Crippen molar-refractivity contribution in [1.82, 2.24) is 9.88 Å². The Hall–Kier alpha value is -2.84. The molecule has 0 radical (unpaired) electrons. The van der Waals surface area contributed by atoms with E-state index in [1.54, 1.807) is 21.9 Å². The van der Waals surface area contributed by atoms with Crippen molar-refractivity contribution in [2.45, 2.75) is 26.7 Å². The van der Waals surface area contributed by atoms with Crippen LogP contribution in [0.3, 0.4) is 0 Å². The minimum Gasteiger partial charge on any atom is -0.312 e. The van der Waals surface area contributed by atoms with E-state index in [-0.39, 0.29) is 30.6 Å². The molecular weight excluding hydrogens is 439 g/mol. The van der Waals surface area contributed by atoms with Gasteiger partial charge in [-0.05, 0) is 82.4 Å². The molecule has 3 aromatic rings. The van der Waals surface area contributed by atoms with Crippen LogP contribution in [-0.2, 0) is 9.59 Å². The summed E-state index contributed by atoms with van der Waals surface area (Å²) < 4.78 is 14.4. The van der Waals surface area contributed by atoms with Crippen LogP contribution in [0.5, 0.6) is 0 Å². The number of halogens is 1. The van der Waals surface area contributed by atoms with Crippen molar-refractivity contribution in [2.75, 3.05) is 43.5 Å². The van der Waals surface area contributed by atoms with E-state index in [1.807, 2.05) is 27.1 Å². The molecule has 1 atom stereocenters. The van der Waals surface area contributed by atoms with Crippen molar-refractivity contribution >= 4 is 44.2 Å². The van der Waals surface area contributed by atoms with Crippen LogP contribution in [0, 0.1) is 25.6 Å². The third-order valence-electron chi connectivity index (χ3n) is 5.91. The van der Waals surface area contributed by atoms with E-state index in [2.05, 4.69) is 17.9 Å². The summed E-state index contributed by atoms with van der Waals surface area (Å²) in [5.41, 5.74) is 3.79. The summed E-state index contributed by atoms with van der Waals surface area (Å²) in [4.78, 5) is 36.6. The second-order valence-electron chi connectivity index (χ2n) is 8.96. The Kier molecular flexibility index (Phi) is 6.76. The molecule has 1 unspecified atom stereocenters. The maximum Gasteiger partial charge on any atom is 0.234 e. The van der Waals surface area contributed by atoms with Crippen molar-refractivity contribution in [2.24, 2.45) is 5.92 Å². The lowest BCUT2D eigenvalue weighted by atomic mass is 10.1.